The van der Waals surface area contributed by atoms with E-state index in [-0.39, 0.29) is 0 Å². The fourth-order valence-corrected chi connectivity index (χ4v) is 7.36. The lowest BCUT2D eigenvalue weighted by molar-refractivity contribution is 0.669. The Labute approximate surface area is 277 Å². The molecule has 0 N–H and O–H groups in total. The number of fused-ring (bicyclic) bond motifs is 9. The summed E-state index contributed by atoms with van der Waals surface area (Å²) in [5.41, 5.74) is 11.6. The van der Waals surface area contributed by atoms with Crippen LogP contribution in [0.5, 0.6) is 0 Å². The van der Waals surface area contributed by atoms with Gasteiger partial charge in [-0.3, -0.25) is 0 Å². The molecule has 0 spiro atoms. The van der Waals surface area contributed by atoms with Gasteiger partial charge in [-0.05, 0) is 70.4 Å². The number of benzene rings is 7. The number of hydrogen-bond acceptors (Lipinski definition) is 2. The van der Waals surface area contributed by atoms with E-state index in [9.17, 15) is 0 Å². The molecule has 224 valence electrons. The number of furan rings is 1. The van der Waals surface area contributed by atoms with Gasteiger partial charge >= 0.3 is 0 Å². The van der Waals surface area contributed by atoms with Gasteiger partial charge in [-0.25, -0.2) is 4.98 Å². The molecule has 0 saturated carbocycles. The molecule has 3 nitrogen and oxygen atoms in total. The van der Waals surface area contributed by atoms with E-state index in [1.54, 1.807) is 0 Å². The van der Waals surface area contributed by atoms with Crippen molar-refractivity contribution in [3.63, 3.8) is 0 Å². The van der Waals surface area contributed by atoms with E-state index in [0.29, 0.717) is 0 Å². The minimum absolute atomic E-state index is 0.893. The highest BCUT2D eigenvalue weighted by Gasteiger charge is 2.20. The van der Waals surface area contributed by atoms with Crippen LogP contribution in [0, 0.1) is 0 Å². The summed E-state index contributed by atoms with van der Waals surface area (Å²) < 4.78 is 8.91. The summed E-state index contributed by atoms with van der Waals surface area (Å²) in [4.78, 5) is 5.17. The molecule has 3 heteroatoms. The largest absolute Gasteiger partial charge is 0.456 e. The first-order chi connectivity index (χ1) is 23.8. The van der Waals surface area contributed by atoms with Crippen molar-refractivity contribution in [1.82, 2.24) is 9.55 Å². The van der Waals surface area contributed by atoms with Crippen LogP contribution in [-0.4, -0.2) is 9.55 Å². The summed E-state index contributed by atoms with van der Waals surface area (Å²) in [6.45, 7) is 0. The maximum atomic E-state index is 6.51. The lowest BCUT2D eigenvalue weighted by atomic mass is 10.00. The number of pyridine rings is 1. The van der Waals surface area contributed by atoms with E-state index in [1.807, 2.05) is 6.07 Å². The number of nitrogens with zero attached hydrogens (tertiary/aromatic N) is 2. The van der Waals surface area contributed by atoms with Crippen LogP contribution in [0.3, 0.4) is 0 Å². The first-order valence-electron chi connectivity index (χ1n) is 16.3. The smallest absolute Gasteiger partial charge is 0.137 e. The average molecular weight is 613 g/mol. The molecule has 0 amide bonds. The second-order valence-corrected chi connectivity index (χ2v) is 12.4. The number of hydrogen-bond donors (Lipinski definition) is 0. The molecule has 0 radical (unpaired) electrons. The predicted molar refractivity (Wildman–Crippen MR) is 200 cm³/mol. The van der Waals surface area contributed by atoms with Crippen LogP contribution in [0.15, 0.2) is 174 Å². The normalized spacial score (nSPS) is 11.8. The lowest BCUT2D eigenvalue weighted by Crippen LogP contribution is -1.95. The maximum Gasteiger partial charge on any atom is 0.137 e. The summed E-state index contributed by atoms with van der Waals surface area (Å²) in [5, 5.41) is 7.14. The van der Waals surface area contributed by atoms with Gasteiger partial charge in [0.1, 0.15) is 11.2 Å². The van der Waals surface area contributed by atoms with Gasteiger partial charge in [0.15, 0.2) is 0 Å². The Bertz CT molecular complexity index is 2750. The van der Waals surface area contributed by atoms with Crippen LogP contribution in [0.1, 0.15) is 0 Å². The van der Waals surface area contributed by atoms with Crippen molar-refractivity contribution >= 4 is 54.5 Å². The van der Waals surface area contributed by atoms with Crippen molar-refractivity contribution in [3.05, 3.63) is 170 Å². The van der Waals surface area contributed by atoms with Gasteiger partial charge in [0.25, 0.3) is 0 Å². The van der Waals surface area contributed by atoms with Gasteiger partial charge < -0.3 is 8.98 Å². The summed E-state index contributed by atoms with van der Waals surface area (Å²) >= 11 is 0. The highest BCUT2D eigenvalue weighted by molar-refractivity contribution is 6.29. The van der Waals surface area contributed by atoms with Crippen LogP contribution in [0.4, 0.5) is 0 Å². The molecule has 48 heavy (non-hydrogen) atoms. The summed E-state index contributed by atoms with van der Waals surface area (Å²) in [6.07, 6.45) is 0. The molecule has 0 saturated heterocycles. The minimum atomic E-state index is 0.893. The van der Waals surface area contributed by atoms with Gasteiger partial charge in [-0.1, -0.05) is 121 Å². The standard InChI is InChI=1S/C45H28N2O/c1-3-11-29(12-4-1)33-27-38(31-14-5-2-6-15-31)46-39(28-33)32-19-22-34(23-20-32)47-40-18-10-9-17-36(40)37-24-26-42-44(45(37)47)43-35-16-8-7-13-30(35)21-25-41(43)48-42/h1-28H. The van der Waals surface area contributed by atoms with E-state index in [2.05, 4.69) is 168 Å². The van der Waals surface area contributed by atoms with Gasteiger partial charge in [0.2, 0.25) is 0 Å². The van der Waals surface area contributed by atoms with Gasteiger partial charge in [-0.15, -0.1) is 0 Å². The van der Waals surface area contributed by atoms with E-state index in [1.165, 1.54) is 27.1 Å². The highest BCUT2D eigenvalue weighted by Crippen LogP contribution is 2.43. The van der Waals surface area contributed by atoms with E-state index < -0.39 is 0 Å². The van der Waals surface area contributed by atoms with Crippen molar-refractivity contribution < 1.29 is 4.42 Å². The molecule has 0 fully saturated rings. The molecule has 0 atom stereocenters. The third kappa shape index (κ3) is 4.11. The Kier molecular flexibility index (Phi) is 5.87. The Morgan fingerprint density at radius 2 is 1.02 bits per heavy atom. The topological polar surface area (TPSA) is 31.0 Å². The highest BCUT2D eigenvalue weighted by atomic mass is 16.3. The fraction of sp³-hybridized carbons (Fsp3) is 0. The molecule has 10 aromatic rings. The summed E-state index contributed by atoms with van der Waals surface area (Å²) in [5.74, 6) is 0. The van der Waals surface area contributed by atoms with Crippen molar-refractivity contribution in [2.75, 3.05) is 0 Å². The second kappa shape index (κ2) is 10.5. The molecule has 0 unspecified atom stereocenters. The molecule has 0 aliphatic heterocycles. The quantitative estimate of drug-likeness (QED) is 0.198. The molecular formula is C45H28N2O. The minimum Gasteiger partial charge on any atom is -0.456 e. The van der Waals surface area contributed by atoms with Crippen molar-refractivity contribution in [2.45, 2.75) is 0 Å². The maximum absolute atomic E-state index is 6.51. The number of para-hydroxylation sites is 1. The zero-order valence-electron chi connectivity index (χ0n) is 26.0. The molecular weight excluding hydrogens is 585 g/mol. The monoisotopic (exact) mass is 612 g/mol. The SMILES string of the molecule is c1ccc(-c2cc(-c3ccccc3)nc(-c3ccc(-n4c5ccccc5c5ccc6oc7ccc8ccccc8c7c6c54)cc3)c2)cc1. The second-order valence-electron chi connectivity index (χ2n) is 12.4. The van der Waals surface area contributed by atoms with Crippen molar-refractivity contribution in [3.8, 4) is 39.3 Å². The Hall–Kier alpha value is -6.45. The molecule has 3 aromatic heterocycles. The average Bonchev–Trinajstić information content (AvgIpc) is 3.72. The first-order valence-corrected chi connectivity index (χ1v) is 16.3. The number of rotatable bonds is 4. The van der Waals surface area contributed by atoms with Crippen LogP contribution >= 0.6 is 0 Å². The molecule has 0 bridgehead atoms. The molecule has 10 rings (SSSR count). The Morgan fingerprint density at radius 1 is 0.417 bits per heavy atom. The van der Waals surface area contributed by atoms with Gasteiger partial charge in [0.05, 0.1) is 27.8 Å². The predicted octanol–water partition coefficient (Wildman–Crippen LogP) is 12.2. The zero-order chi connectivity index (χ0) is 31.6. The van der Waals surface area contributed by atoms with Gasteiger partial charge in [0, 0.05) is 33.0 Å². The molecule has 0 aliphatic carbocycles. The number of aromatic nitrogens is 2. The lowest BCUT2D eigenvalue weighted by Gasteiger charge is -2.12. The van der Waals surface area contributed by atoms with Gasteiger partial charge in [-0.2, -0.15) is 0 Å². The molecule has 3 heterocycles. The Balaban J connectivity index is 1.20. The van der Waals surface area contributed by atoms with Crippen molar-refractivity contribution in [1.29, 1.82) is 0 Å². The molecule has 7 aromatic carbocycles. The van der Waals surface area contributed by atoms with Crippen LogP contribution in [0.25, 0.3) is 93.8 Å². The Morgan fingerprint density at radius 3 is 1.79 bits per heavy atom. The van der Waals surface area contributed by atoms with Crippen LogP contribution in [0.2, 0.25) is 0 Å². The van der Waals surface area contributed by atoms with E-state index in [0.717, 1.165) is 66.7 Å². The van der Waals surface area contributed by atoms with Crippen LogP contribution in [-0.2, 0) is 0 Å². The fourth-order valence-electron chi connectivity index (χ4n) is 7.36. The summed E-state index contributed by atoms with van der Waals surface area (Å²) in [6, 6.07) is 60.0. The summed E-state index contributed by atoms with van der Waals surface area (Å²) in [7, 11) is 0. The third-order valence-corrected chi connectivity index (χ3v) is 9.58. The van der Waals surface area contributed by atoms with Crippen LogP contribution < -0.4 is 0 Å². The third-order valence-electron chi connectivity index (χ3n) is 9.58. The van der Waals surface area contributed by atoms with E-state index in [4.69, 9.17) is 9.40 Å². The first kappa shape index (κ1) is 26.7. The van der Waals surface area contributed by atoms with E-state index >= 15 is 0 Å². The molecule has 0 aliphatic rings. The zero-order valence-corrected chi connectivity index (χ0v) is 26.0. The van der Waals surface area contributed by atoms with Crippen molar-refractivity contribution in [2.24, 2.45) is 0 Å².